The molecule has 0 spiro atoms. The molecule has 0 aliphatic heterocycles. The molecule has 0 bridgehead atoms. The second-order valence-corrected chi connectivity index (χ2v) is 5.04. The highest BCUT2D eigenvalue weighted by molar-refractivity contribution is 9.10. The largest absolute Gasteiger partial charge is 0.497 e. The number of aliphatic hydroxyl groups is 1. The van der Waals surface area contributed by atoms with Crippen LogP contribution in [-0.4, -0.2) is 27.2 Å². The van der Waals surface area contributed by atoms with Crippen LogP contribution in [-0.2, 0) is 13.5 Å². The molecule has 2 aromatic rings. The fourth-order valence-corrected chi connectivity index (χ4v) is 2.52. The first-order valence-electron chi connectivity index (χ1n) is 5.98. The number of hydrogen-bond donors (Lipinski definition) is 1. The average Bonchev–Trinajstić information content (AvgIpc) is 2.76. The first-order valence-corrected chi connectivity index (χ1v) is 6.77. The lowest BCUT2D eigenvalue weighted by molar-refractivity contribution is 0.157. The third kappa shape index (κ3) is 3.33. The summed E-state index contributed by atoms with van der Waals surface area (Å²) in [7, 11) is 3.41. The maximum absolute atomic E-state index is 10.2. The van der Waals surface area contributed by atoms with E-state index in [1.54, 1.807) is 18.8 Å². The molecule has 1 aromatic carbocycles. The molecule has 1 atom stereocenters. The molecule has 102 valence electrons. The Morgan fingerprint density at radius 1 is 1.37 bits per heavy atom. The first-order chi connectivity index (χ1) is 9.11. The van der Waals surface area contributed by atoms with Crippen LogP contribution in [0.2, 0.25) is 0 Å². The third-order valence-corrected chi connectivity index (χ3v) is 3.57. The second kappa shape index (κ2) is 6.16. The van der Waals surface area contributed by atoms with E-state index in [9.17, 15) is 5.11 Å². The number of aryl methyl sites for hydroxylation is 2. The zero-order chi connectivity index (χ0) is 13.8. The van der Waals surface area contributed by atoms with E-state index in [0.717, 1.165) is 17.7 Å². The van der Waals surface area contributed by atoms with Gasteiger partial charge in [-0.15, -0.1) is 5.10 Å². The first kappa shape index (κ1) is 14.0. The normalized spacial score (nSPS) is 12.4. The van der Waals surface area contributed by atoms with Crippen molar-refractivity contribution in [2.24, 2.45) is 7.05 Å². The summed E-state index contributed by atoms with van der Waals surface area (Å²) in [6.07, 6.45) is 0.811. The molecule has 19 heavy (non-hydrogen) atoms. The van der Waals surface area contributed by atoms with Gasteiger partial charge in [0, 0.05) is 7.05 Å². The molecule has 0 radical (unpaired) electrons. The molecule has 1 aromatic heterocycles. The lowest BCUT2D eigenvalue weighted by atomic mass is 10.1. The van der Waals surface area contributed by atoms with E-state index >= 15 is 0 Å². The molecule has 0 amide bonds. The van der Waals surface area contributed by atoms with Gasteiger partial charge in [0.2, 0.25) is 0 Å². The van der Waals surface area contributed by atoms with Gasteiger partial charge in [-0.2, -0.15) is 0 Å². The van der Waals surface area contributed by atoms with Gasteiger partial charge >= 0.3 is 0 Å². The summed E-state index contributed by atoms with van der Waals surface area (Å²) >= 11 is 3.29. The van der Waals surface area contributed by atoms with Gasteiger partial charge in [-0.05, 0) is 46.5 Å². The minimum absolute atomic E-state index is 0.587. The molecular formula is C13H16BrN3O2. The van der Waals surface area contributed by atoms with Crippen LogP contribution in [0, 0.1) is 0 Å². The topological polar surface area (TPSA) is 60.2 Å². The molecule has 0 fully saturated rings. The quantitative estimate of drug-likeness (QED) is 0.916. The smallest absolute Gasteiger partial charge is 0.154 e. The van der Waals surface area contributed by atoms with Gasteiger partial charge in [0.25, 0.3) is 0 Å². The molecule has 0 saturated carbocycles. The van der Waals surface area contributed by atoms with Crippen LogP contribution in [0.25, 0.3) is 0 Å². The molecular weight excluding hydrogens is 310 g/mol. The third-order valence-electron chi connectivity index (χ3n) is 3.01. The summed E-state index contributed by atoms with van der Waals surface area (Å²) in [4.78, 5) is 0. The lowest BCUT2D eigenvalue weighted by Crippen LogP contribution is -2.07. The molecule has 1 unspecified atom stereocenters. The zero-order valence-corrected chi connectivity index (χ0v) is 12.5. The Hall–Kier alpha value is -1.40. The van der Waals surface area contributed by atoms with Crippen molar-refractivity contribution in [3.8, 4) is 5.75 Å². The number of rotatable bonds is 5. The van der Waals surface area contributed by atoms with Crippen molar-refractivity contribution >= 4 is 15.9 Å². The minimum atomic E-state index is -0.587. The van der Waals surface area contributed by atoms with Crippen molar-refractivity contribution in [1.82, 2.24) is 15.0 Å². The van der Waals surface area contributed by atoms with Crippen LogP contribution in [0.3, 0.4) is 0 Å². The van der Waals surface area contributed by atoms with Gasteiger partial charge in [0.15, 0.2) is 4.60 Å². The summed E-state index contributed by atoms with van der Waals surface area (Å²) < 4.78 is 7.29. The van der Waals surface area contributed by atoms with Crippen molar-refractivity contribution in [3.05, 3.63) is 40.1 Å². The Bertz CT molecular complexity index is 520. The summed E-state index contributed by atoms with van der Waals surface area (Å²) in [6, 6.07) is 7.84. The molecule has 0 aliphatic carbocycles. The highest BCUT2D eigenvalue weighted by atomic mass is 79.9. The maximum atomic E-state index is 10.2. The van der Waals surface area contributed by atoms with E-state index in [1.807, 2.05) is 24.3 Å². The van der Waals surface area contributed by atoms with Crippen LogP contribution < -0.4 is 4.74 Å². The Labute approximate surface area is 120 Å². The van der Waals surface area contributed by atoms with Gasteiger partial charge in [0.05, 0.1) is 13.2 Å². The summed E-state index contributed by atoms with van der Waals surface area (Å²) in [5.41, 5.74) is 1.86. The van der Waals surface area contributed by atoms with Crippen molar-refractivity contribution in [3.63, 3.8) is 0 Å². The maximum Gasteiger partial charge on any atom is 0.154 e. The highest BCUT2D eigenvalue weighted by Crippen LogP contribution is 2.24. The fraction of sp³-hybridized carbons (Fsp3) is 0.385. The number of hydrogen-bond acceptors (Lipinski definition) is 4. The van der Waals surface area contributed by atoms with Crippen molar-refractivity contribution in [2.75, 3.05) is 7.11 Å². The molecule has 0 aliphatic rings. The van der Waals surface area contributed by atoms with E-state index in [-0.39, 0.29) is 0 Å². The van der Waals surface area contributed by atoms with Crippen LogP contribution in [0.15, 0.2) is 28.9 Å². The molecule has 5 nitrogen and oxygen atoms in total. The van der Waals surface area contributed by atoms with Crippen molar-refractivity contribution in [1.29, 1.82) is 0 Å². The number of ether oxygens (including phenoxy) is 1. The highest BCUT2D eigenvalue weighted by Gasteiger charge is 2.17. The van der Waals surface area contributed by atoms with Crippen LogP contribution in [0.1, 0.15) is 23.8 Å². The molecule has 2 rings (SSSR count). The lowest BCUT2D eigenvalue weighted by Gasteiger charge is -2.11. The van der Waals surface area contributed by atoms with E-state index in [2.05, 4.69) is 26.2 Å². The van der Waals surface area contributed by atoms with Crippen LogP contribution in [0.4, 0.5) is 0 Å². The fourth-order valence-electron chi connectivity index (χ4n) is 1.92. The van der Waals surface area contributed by atoms with Gasteiger partial charge in [0.1, 0.15) is 11.4 Å². The van der Waals surface area contributed by atoms with Crippen molar-refractivity contribution in [2.45, 2.75) is 18.9 Å². The SMILES string of the molecule is COc1ccc(CCC(O)c2c(Br)nnn2C)cc1. The number of methoxy groups -OCH3 is 1. The van der Waals surface area contributed by atoms with E-state index in [4.69, 9.17) is 4.74 Å². The molecule has 0 saturated heterocycles. The van der Waals surface area contributed by atoms with Gasteiger partial charge in [-0.25, -0.2) is 4.68 Å². The standard InChI is InChI=1S/C13H16BrN3O2/c1-17-12(13(14)15-16-17)11(18)8-5-9-3-6-10(19-2)7-4-9/h3-4,6-7,11,18H,5,8H2,1-2H3. The Morgan fingerprint density at radius 3 is 2.58 bits per heavy atom. The van der Waals surface area contributed by atoms with E-state index in [0.29, 0.717) is 16.7 Å². The summed E-state index contributed by atoms with van der Waals surface area (Å²) in [5, 5.41) is 17.9. The summed E-state index contributed by atoms with van der Waals surface area (Å²) in [6.45, 7) is 0. The minimum Gasteiger partial charge on any atom is -0.497 e. The molecule has 6 heteroatoms. The van der Waals surface area contributed by atoms with E-state index in [1.165, 1.54) is 0 Å². The zero-order valence-electron chi connectivity index (χ0n) is 10.9. The molecule has 1 N–H and O–H groups in total. The van der Waals surface area contributed by atoms with Crippen molar-refractivity contribution < 1.29 is 9.84 Å². The number of aliphatic hydroxyl groups excluding tert-OH is 1. The second-order valence-electron chi connectivity index (χ2n) is 4.29. The number of aromatic nitrogens is 3. The molecule has 1 heterocycles. The Balaban J connectivity index is 1.98. The number of benzene rings is 1. The average molecular weight is 326 g/mol. The van der Waals surface area contributed by atoms with Gasteiger partial charge in [-0.1, -0.05) is 17.3 Å². The van der Waals surface area contributed by atoms with Gasteiger partial charge < -0.3 is 9.84 Å². The van der Waals surface area contributed by atoms with Crippen LogP contribution >= 0.6 is 15.9 Å². The van der Waals surface area contributed by atoms with Gasteiger partial charge in [-0.3, -0.25) is 0 Å². The number of nitrogens with zero attached hydrogens (tertiary/aromatic N) is 3. The Kier molecular flexibility index (Phi) is 4.55. The monoisotopic (exact) mass is 325 g/mol. The predicted molar refractivity (Wildman–Crippen MR) is 75.0 cm³/mol. The Morgan fingerprint density at radius 2 is 2.05 bits per heavy atom. The summed E-state index contributed by atoms with van der Waals surface area (Å²) in [5.74, 6) is 0.836. The van der Waals surface area contributed by atoms with E-state index < -0.39 is 6.10 Å². The predicted octanol–water partition coefficient (Wildman–Crippen LogP) is 2.25. The van der Waals surface area contributed by atoms with Crippen LogP contribution in [0.5, 0.6) is 5.75 Å². The number of halogens is 1.